The average Bonchev–Trinajstić information content (AvgIpc) is 3.18. The molecule has 24 heavy (non-hydrogen) atoms. The number of thioether (sulfide) groups is 1. The minimum absolute atomic E-state index is 0.0914. The highest BCUT2D eigenvalue weighted by Crippen LogP contribution is 2.25. The highest BCUT2D eigenvalue weighted by Gasteiger charge is 2.13. The molecule has 6 nitrogen and oxygen atoms in total. The van der Waals surface area contributed by atoms with E-state index in [0.717, 1.165) is 4.88 Å². The molecule has 0 aliphatic heterocycles. The largest absolute Gasteiger partial charge is 0.335 e. The van der Waals surface area contributed by atoms with Crippen molar-refractivity contribution in [3.8, 4) is 10.7 Å². The van der Waals surface area contributed by atoms with Crippen molar-refractivity contribution in [2.75, 3.05) is 16.9 Å². The quantitative estimate of drug-likeness (QED) is 0.505. The Morgan fingerprint density at radius 1 is 1.33 bits per heavy atom. The van der Waals surface area contributed by atoms with E-state index in [1.165, 1.54) is 16.4 Å². The van der Waals surface area contributed by atoms with Crippen LogP contribution in [0.2, 0.25) is 5.02 Å². The number of hydrogen-bond donors (Lipinski definition) is 2. The van der Waals surface area contributed by atoms with E-state index in [0.29, 0.717) is 33.9 Å². The van der Waals surface area contributed by atoms with Gasteiger partial charge in [-0.2, -0.15) is 0 Å². The fraction of sp³-hybridized carbons (Fsp3) is 0.133. The van der Waals surface area contributed by atoms with Crippen molar-refractivity contribution in [2.24, 2.45) is 0 Å². The molecule has 2 heterocycles. The molecule has 0 saturated carbocycles. The first-order valence-corrected chi connectivity index (χ1v) is 9.30. The van der Waals surface area contributed by atoms with Gasteiger partial charge in [-0.3, -0.25) is 4.79 Å². The van der Waals surface area contributed by atoms with Gasteiger partial charge in [-0.05, 0) is 29.6 Å². The second-order valence-electron chi connectivity index (χ2n) is 4.81. The number of nitrogens with two attached hydrogens (primary N) is 1. The lowest BCUT2D eigenvalue weighted by Crippen LogP contribution is -2.14. The number of nitrogen functional groups attached to an aromatic ring is 1. The summed E-state index contributed by atoms with van der Waals surface area (Å²) >= 11 is 8.82. The number of aromatic nitrogens is 3. The third kappa shape index (κ3) is 4.08. The molecule has 3 N–H and O–H groups in total. The summed E-state index contributed by atoms with van der Waals surface area (Å²) in [5.74, 6) is 7.09. The Hall–Kier alpha value is -2.03. The maximum Gasteiger partial charge on any atom is 0.225 e. The second-order valence-corrected chi connectivity index (χ2v) is 7.26. The molecule has 3 rings (SSSR count). The standard InChI is InChI=1S/C15H14ClN5OS2/c16-10-3-1-4-11(9-10)18-13(22)6-8-24-15-20-19-14(21(15)17)12-5-2-7-23-12/h1-5,7,9H,6,8,17H2,(H,18,22). The monoisotopic (exact) mass is 379 g/mol. The number of thiophene rings is 1. The zero-order chi connectivity index (χ0) is 16.9. The van der Waals surface area contributed by atoms with Gasteiger partial charge < -0.3 is 11.2 Å². The molecule has 0 saturated heterocycles. The zero-order valence-electron chi connectivity index (χ0n) is 12.5. The molecule has 9 heteroatoms. The van der Waals surface area contributed by atoms with Crippen LogP contribution in [0.4, 0.5) is 5.69 Å². The maximum atomic E-state index is 12.0. The van der Waals surface area contributed by atoms with Gasteiger partial charge in [-0.15, -0.1) is 21.5 Å². The number of rotatable bonds is 6. The van der Waals surface area contributed by atoms with Crippen molar-refractivity contribution in [3.63, 3.8) is 0 Å². The first-order chi connectivity index (χ1) is 11.6. The smallest absolute Gasteiger partial charge is 0.225 e. The van der Waals surface area contributed by atoms with E-state index in [4.69, 9.17) is 17.4 Å². The molecule has 0 fully saturated rings. The van der Waals surface area contributed by atoms with Crippen molar-refractivity contribution < 1.29 is 4.79 Å². The number of hydrogen-bond acceptors (Lipinski definition) is 6. The average molecular weight is 380 g/mol. The molecule has 2 aromatic heterocycles. The Morgan fingerprint density at radius 2 is 2.21 bits per heavy atom. The van der Waals surface area contributed by atoms with Gasteiger partial charge in [0.1, 0.15) is 0 Å². The predicted molar refractivity (Wildman–Crippen MR) is 98.9 cm³/mol. The zero-order valence-corrected chi connectivity index (χ0v) is 14.9. The number of anilines is 1. The summed E-state index contributed by atoms with van der Waals surface area (Å²) in [5, 5.41) is 14.1. The second kappa shape index (κ2) is 7.69. The van der Waals surface area contributed by atoms with Crippen LogP contribution in [0.25, 0.3) is 10.7 Å². The number of benzene rings is 1. The minimum atomic E-state index is -0.0914. The predicted octanol–water partition coefficient (Wildman–Crippen LogP) is 3.49. The normalized spacial score (nSPS) is 10.7. The number of carbonyl (C=O) groups excluding carboxylic acids is 1. The summed E-state index contributed by atoms with van der Waals surface area (Å²) in [6.45, 7) is 0. The van der Waals surface area contributed by atoms with Gasteiger partial charge in [0.25, 0.3) is 0 Å². The molecule has 0 aliphatic carbocycles. The Balaban J connectivity index is 1.52. The molecule has 0 bridgehead atoms. The van der Waals surface area contributed by atoms with Crippen molar-refractivity contribution in [1.82, 2.24) is 14.9 Å². The number of carbonyl (C=O) groups is 1. The number of nitrogens with zero attached hydrogens (tertiary/aromatic N) is 3. The van der Waals surface area contributed by atoms with Crippen LogP contribution in [0.5, 0.6) is 0 Å². The summed E-state index contributed by atoms with van der Waals surface area (Å²) < 4.78 is 1.45. The molecule has 124 valence electrons. The van der Waals surface area contributed by atoms with Crippen molar-refractivity contribution in [3.05, 3.63) is 46.8 Å². The topological polar surface area (TPSA) is 85.8 Å². The maximum absolute atomic E-state index is 12.0. The fourth-order valence-corrected chi connectivity index (χ4v) is 3.66. The highest BCUT2D eigenvalue weighted by molar-refractivity contribution is 7.99. The summed E-state index contributed by atoms with van der Waals surface area (Å²) in [5.41, 5.74) is 0.680. The molecule has 0 radical (unpaired) electrons. The molecule has 0 spiro atoms. The van der Waals surface area contributed by atoms with Crippen molar-refractivity contribution >= 4 is 46.3 Å². The van der Waals surface area contributed by atoms with Gasteiger partial charge in [0, 0.05) is 22.9 Å². The SMILES string of the molecule is Nn1c(SCCC(=O)Nc2cccc(Cl)c2)nnc1-c1cccs1. The van der Waals surface area contributed by atoms with Crippen LogP contribution in [-0.2, 0) is 4.79 Å². The van der Waals surface area contributed by atoms with Crippen LogP contribution in [0.3, 0.4) is 0 Å². The third-order valence-electron chi connectivity index (χ3n) is 3.07. The lowest BCUT2D eigenvalue weighted by atomic mass is 10.3. The van der Waals surface area contributed by atoms with E-state index < -0.39 is 0 Å². The van der Waals surface area contributed by atoms with E-state index in [1.54, 1.807) is 35.6 Å². The van der Waals surface area contributed by atoms with E-state index >= 15 is 0 Å². The molecule has 3 aromatic rings. The summed E-state index contributed by atoms with van der Waals surface area (Å²) in [6, 6.07) is 10.9. The first-order valence-electron chi connectivity index (χ1n) is 7.06. The first kappa shape index (κ1) is 16.8. The Labute approximate surface area is 152 Å². The van der Waals surface area contributed by atoms with Gasteiger partial charge >= 0.3 is 0 Å². The number of amides is 1. The highest BCUT2D eigenvalue weighted by atomic mass is 35.5. The molecule has 0 aliphatic rings. The molecule has 0 unspecified atom stereocenters. The van der Waals surface area contributed by atoms with Gasteiger partial charge in [-0.1, -0.05) is 35.5 Å². The number of nitrogens with one attached hydrogen (secondary N) is 1. The fourth-order valence-electron chi connectivity index (χ4n) is 1.97. The molecule has 1 amide bonds. The Morgan fingerprint density at radius 3 is 2.96 bits per heavy atom. The molecule has 0 atom stereocenters. The van der Waals surface area contributed by atoms with Gasteiger partial charge in [0.05, 0.1) is 4.88 Å². The van der Waals surface area contributed by atoms with Crippen LogP contribution >= 0.6 is 34.7 Å². The van der Waals surface area contributed by atoms with Crippen molar-refractivity contribution in [1.29, 1.82) is 0 Å². The van der Waals surface area contributed by atoms with E-state index in [1.807, 2.05) is 17.5 Å². The molecular weight excluding hydrogens is 366 g/mol. The molecular formula is C15H14ClN5OS2. The van der Waals surface area contributed by atoms with Gasteiger partial charge in [0.2, 0.25) is 11.1 Å². The lowest BCUT2D eigenvalue weighted by Gasteiger charge is -2.05. The van der Waals surface area contributed by atoms with E-state index in [-0.39, 0.29) is 5.91 Å². The van der Waals surface area contributed by atoms with Crippen LogP contribution in [0.15, 0.2) is 46.9 Å². The van der Waals surface area contributed by atoms with Crippen LogP contribution in [0.1, 0.15) is 6.42 Å². The summed E-state index contributed by atoms with van der Waals surface area (Å²) in [7, 11) is 0. The minimum Gasteiger partial charge on any atom is -0.335 e. The van der Waals surface area contributed by atoms with E-state index in [2.05, 4.69) is 15.5 Å². The van der Waals surface area contributed by atoms with Crippen LogP contribution in [-0.4, -0.2) is 26.5 Å². The van der Waals surface area contributed by atoms with Crippen LogP contribution < -0.4 is 11.2 Å². The Kier molecular flexibility index (Phi) is 5.39. The van der Waals surface area contributed by atoms with Gasteiger partial charge in [0.15, 0.2) is 5.82 Å². The van der Waals surface area contributed by atoms with Crippen LogP contribution in [0, 0.1) is 0 Å². The van der Waals surface area contributed by atoms with Gasteiger partial charge in [-0.25, -0.2) is 4.68 Å². The molecule has 1 aromatic carbocycles. The summed E-state index contributed by atoms with van der Waals surface area (Å²) in [6.07, 6.45) is 0.332. The van der Waals surface area contributed by atoms with E-state index in [9.17, 15) is 4.79 Å². The van der Waals surface area contributed by atoms with Crippen molar-refractivity contribution in [2.45, 2.75) is 11.6 Å². The summed E-state index contributed by atoms with van der Waals surface area (Å²) in [4.78, 5) is 12.9. The lowest BCUT2D eigenvalue weighted by molar-refractivity contribution is -0.115. The third-order valence-corrected chi connectivity index (χ3v) is 5.12. The Bertz CT molecular complexity index is 834. The number of halogens is 1.